The molecule has 0 atom stereocenters. The Labute approximate surface area is 88.1 Å². The number of aromatic nitrogens is 2. The highest BCUT2D eigenvalue weighted by Crippen LogP contribution is 2.22. The summed E-state index contributed by atoms with van der Waals surface area (Å²) in [6.07, 6.45) is 0.830. The number of nitrogens with two attached hydrogens (primary N) is 1. The fraction of sp³-hybridized carbons (Fsp3) is 0.273. The second-order valence-corrected chi connectivity index (χ2v) is 3.27. The summed E-state index contributed by atoms with van der Waals surface area (Å²) in [5, 5.41) is 1.01. The van der Waals surface area contributed by atoms with Crippen molar-refractivity contribution in [1.29, 1.82) is 0 Å². The predicted octanol–water partition coefficient (Wildman–Crippen LogP) is 1.78. The first kappa shape index (κ1) is 9.71. The monoisotopic (exact) mass is 203 g/mol. The van der Waals surface area contributed by atoms with Crippen LogP contribution in [0.15, 0.2) is 18.2 Å². The molecule has 0 fully saturated rings. The van der Waals surface area contributed by atoms with E-state index < -0.39 is 0 Å². The van der Waals surface area contributed by atoms with Gasteiger partial charge in [0.15, 0.2) is 0 Å². The molecule has 15 heavy (non-hydrogen) atoms. The summed E-state index contributed by atoms with van der Waals surface area (Å²) in [6.45, 7) is 2.04. The van der Waals surface area contributed by atoms with Crippen LogP contribution in [0.1, 0.15) is 12.6 Å². The number of hydrogen-bond donors (Lipinski definition) is 1. The average molecular weight is 203 g/mol. The van der Waals surface area contributed by atoms with Crippen LogP contribution in [-0.4, -0.2) is 17.1 Å². The summed E-state index contributed by atoms with van der Waals surface area (Å²) in [5.41, 5.74) is 7.43. The molecule has 78 valence electrons. The maximum atomic E-state index is 5.62. The molecule has 1 aromatic carbocycles. The lowest BCUT2D eigenvalue weighted by Gasteiger charge is -2.06. The largest absolute Gasteiger partial charge is 0.497 e. The van der Waals surface area contributed by atoms with Gasteiger partial charge in [-0.3, -0.25) is 0 Å². The van der Waals surface area contributed by atoms with Crippen molar-refractivity contribution in [2.24, 2.45) is 0 Å². The van der Waals surface area contributed by atoms with Crippen molar-refractivity contribution >= 4 is 16.9 Å². The van der Waals surface area contributed by atoms with Crippen molar-refractivity contribution in [2.75, 3.05) is 12.8 Å². The van der Waals surface area contributed by atoms with Gasteiger partial charge in [-0.15, -0.1) is 0 Å². The lowest BCUT2D eigenvalue weighted by molar-refractivity contribution is 0.415. The Bertz CT molecular complexity index is 496. The predicted molar refractivity (Wildman–Crippen MR) is 59.9 cm³/mol. The molecule has 1 aromatic heterocycles. The molecule has 0 amide bonds. The number of anilines is 1. The molecule has 0 spiro atoms. The highest BCUT2D eigenvalue weighted by molar-refractivity contribution is 5.83. The van der Waals surface area contributed by atoms with Gasteiger partial charge >= 0.3 is 0 Å². The van der Waals surface area contributed by atoms with Gasteiger partial charge in [-0.1, -0.05) is 6.92 Å². The van der Waals surface area contributed by atoms with Crippen molar-refractivity contribution in [1.82, 2.24) is 9.97 Å². The zero-order valence-corrected chi connectivity index (χ0v) is 8.82. The number of methoxy groups -OCH3 is 1. The number of nitrogens with zero attached hydrogens (tertiary/aromatic N) is 2. The number of hydrogen-bond acceptors (Lipinski definition) is 4. The molecule has 0 saturated heterocycles. The highest BCUT2D eigenvalue weighted by atomic mass is 16.5. The summed E-state index contributed by atoms with van der Waals surface area (Å²) in [4.78, 5) is 8.38. The summed E-state index contributed by atoms with van der Waals surface area (Å²) < 4.78 is 5.17. The van der Waals surface area contributed by atoms with Crippen LogP contribution in [0.2, 0.25) is 0 Å². The Morgan fingerprint density at radius 2 is 2.13 bits per heavy atom. The zero-order valence-electron chi connectivity index (χ0n) is 8.82. The fourth-order valence-corrected chi connectivity index (χ4v) is 1.59. The molecule has 1 heterocycles. The third-order valence-corrected chi connectivity index (χ3v) is 2.33. The van der Waals surface area contributed by atoms with Gasteiger partial charge in [0.2, 0.25) is 5.95 Å². The van der Waals surface area contributed by atoms with Crippen LogP contribution < -0.4 is 10.5 Å². The molecule has 2 aromatic rings. The first-order valence-electron chi connectivity index (χ1n) is 4.84. The summed E-state index contributed by atoms with van der Waals surface area (Å²) in [6, 6.07) is 5.70. The standard InChI is InChI=1S/C11H13N3O/c1-3-9-8-6-7(15-2)4-5-10(8)14-11(12)13-9/h4-6H,3H2,1-2H3,(H2,12,13,14). The van der Waals surface area contributed by atoms with Crippen molar-refractivity contribution in [3.05, 3.63) is 23.9 Å². The Hall–Kier alpha value is -1.84. The number of aryl methyl sites for hydroxylation is 1. The van der Waals surface area contributed by atoms with E-state index in [-0.39, 0.29) is 0 Å². The van der Waals surface area contributed by atoms with Gasteiger partial charge in [0.25, 0.3) is 0 Å². The molecule has 0 saturated carbocycles. The van der Waals surface area contributed by atoms with Crippen LogP contribution in [0.25, 0.3) is 10.9 Å². The minimum absolute atomic E-state index is 0.324. The van der Waals surface area contributed by atoms with E-state index in [0.29, 0.717) is 5.95 Å². The van der Waals surface area contributed by atoms with E-state index in [1.54, 1.807) is 7.11 Å². The van der Waals surface area contributed by atoms with Crippen LogP contribution in [0.3, 0.4) is 0 Å². The molecule has 2 N–H and O–H groups in total. The van der Waals surface area contributed by atoms with Gasteiger partial charge in [0.05, 0.1) is 18.3 Å². The van der Waals surface area contributed by atoms with Gasteiger partial charge < -0.3 is 10.5 Å². The average Bonchev–Trinajstić information content (AvgIpc) is 2.27. The number of fused-ring (bicyclic) bond motifs is 1. The molecule has 0 aliphatic rings. The third-order valence-electron chi connectivity index (χ3n) is 2.33. The van der Waals surface area contributed by atoms with Crippen LogP contribution in [0.5, 0.6) is 5.75 Å². The minimum Gasteiger partial charge on any atom is -0.497 e. The first-order chi connectivity index (χ1) is 7.24. The van der Waals surface area contributed by atoms with Gasteiger partial charge in [-0.05, 0) is 24.6 Å². The molecule has 0 radical (unpaired) electrons. The fourth-order valence-electron chi connectivity index (χ4n) is 1.59. The summed E-state index contributed by atoms with van der Waals surface area (Å²) in [7, 11) is 1.64. The molecule has 0 unspecified atom stereocenters. The van der Waals surface area contributed by atoms with Crippen LogP contribution in [-0.2, 0) is 6.42 Å². The molecular formula is C11H13N3O. The molecule has 0 aliphatic carbocycles. The first-order valence-corrected chi connectivity index (χ1v) is 4.84. The Morgan fingerprint density at radius 3 is 2.80 bits per heavy atom. The molecule has 0 bridgehead atoms. The second kappa shape index (κ2) is 3.73. The Balaban J connectivity index is 2.73. The van der Waals surface area contributed by atoms with Crippen LogP contribution >= 0.6 is 0 Å². The number of benzene rings is 1. The van der Waals surface area contributed by atoms with E-state index in [9.17, 15) is 0 Å². The van der Waals surface area contributed by atoms with Crippen molar-refractivity contribution in [3.63, 3.8) is 0 Å². The minimum atomic E-state index is 0.324. The zero-order chi connectivity index (χ0) is 10.8. The van der Waals surface area contributed by atoms with Gasteiger partial charge in [-0.25, -0.2) is 9.97 Å². The number of nitrogen functional groups attached to an aromatic ring is 1. The Morgan fingerprint density at radius 1 is 1.33 bits per heavy atom. The van der Waals surface area contributed by atoms with E-state index in [1.807, 2.05) is 25.1 Å². The number of ether oxygens (including phenoxy) is 1. The van der Waals surface area contributed by atoms with E-state index >= 15 is 0 Å². The van der Waals surface area contributed by atoms with E-state index in [0.717, 1.165) is 28.8 Å². The molecule has 0 aliphatic heterocycles. The van der Waals surface area contributed by atoms with Crippen molar-refractivity contribution < 1.29 is 4.74 Å². The topological polar surface area (TPSA) is 61.0 Å². The van der Waals surface area contributed by atoms with Gasteiger partial charge in [0, 0.05) is 5.39 Å². The smallest absolute Gasteiger partial charge is 0.220 e. The second-order valence-electron chi connectivity index (χ2n) is 3.27. The van der Waals surface area contributed by atoms with E-state index in [4.69, 9.17) is 10.5 Å². The molecule has 4 heteroatoms. The Kier molecular flexibility index (Phi) is 2.41. The van der Waals surface area contributed by atoms with Crippen LogP contribution in [0, 0.1) is 0 Å². The molecular weight excluding hydrogens is 190 g/mol. The van der Waals surface area contributed by atoms with E-state index in [1.165, 1.54) is 0 Å². The van der Waals surface area contributed by atoms with E-state index in [2.05, 4.69) is 9.97 Å². The van der Waals surface area contributed by atoms with Crippen molar-refractivity contribution in [2.45, 2.75) is 13.3 Å². The number of rotatable bonds is 2. The maximum absolute atomic E-state index is 5.62. The van der Waals surface area contributed by atoms with Gasteiger partial charge in [0.1, 0.15) is 5.75 Å². The normalized spacial score (nSPS) is 10.5. The van der Waals surface area contributed by atoms with Gasteiger partial charge in [-0.2, -0.15) is 0 Å². The summed E-state index contributed by atoms with van der Waals surface area (Å²) >= 11 is 0. The molecule has 4 nitrogen and oxygen atoms in total. The maximum Gasteiger partial charge on any atom is 0.220 e. The van der Waals surface area contributed by atoms with Crippen LogP contribution in [0.4, 0.5) is 5.95 Å². The summed E-state index contributed by atoms with van der Waals surface area (Å²) in [5.74, 6) is 1.13. The SMILES string of the molecule is CCc1nc(N)nc2ccc(OC)cc12. The van der Waals surface area contributed by atoms with Crippen molar-refractivity contribution in [3.8, 4) is 5.75 Å². The third kappa shape index (κ3) is 1.70. The lowest BCUT2D eigenvalue weighted by atomic mass is 10.1. The highest BCUT2D eigenvalue weighted by Gasteiger charge is 2.05. The quantitative estimate of drug-likeness (QED) is 0.808. The molecule has 2 rings (SSSR count). The lowest BCUT2D eigenvalue weighted by Crippen LogP contribution is -2.00.